The van der Waals surface area contributed by atoms with Crippen LogP contribution in [0, 0.1) is 0 Å². The van der Waals surface area contributed by atoms with Crippen LogP contribution in [-0.2, 0) is 71.2 Å². The summed E-state index contributed by atoms with van der Waals surface area (Å²) < 4.78 is 63.6. The largest absolute Gasteiger partial charge is 0.499 e. The summed E-state index contributed by atoms with van der Waals surface area (Å²) in [5, 5.41) is 8.43. The number of rotatable bonds is 38. The SMILES string of the molecule is C=COCCOCCOCCOCCOCCOCCOCCOCCOCCOCCOCCOC(=O)CCC(=O)C(=O)O. The molecule has 0 amide bonds. The Bertz CT molecular complexity index is 693. The zero-order valence-electron chi connectivity index (χ0n) is 26.3. The van der Waals surface area contributed by atoms with E-state index in [1.807, 2.05) is 0 Å². The van der Waals surface area contributed by atoms with Crippen LogP contribution < -0.4 is 0 Å². The average Bonchev–Trinajstić information content (AvgIpc) is 3.03. The minimum atomic E-state index is -1.56. The summed E-state index contributed by atoms with van der Waals surface area (Å²) in [5.41, 5.74) is 0. The molecule has 0 spiro atoms. The summed E-state index contributed by atoms with van der Waals surface area (Å²) >= 11 is 0. The molecule has 0 bridgehead atoms. The lowest BCUT2D eigenvalue weighted by molar-refractivity contribution is -0.151. The van der Waals surface area contributed by atoms with Gasteiger partial charge in [0, 0.05) is 6.42 Å². The van der Waals surface area contributed by atoms with E-state index < -0.39 is 17.7 Å². The minimum absolute atomic E-state index is 0.0133. The number of carbonyl (C=O) groups excluding carboxylic acids is 2. The number of ether oxygens (including phenoxy) is 12. The summed E-state index contributed by atoms with van der Waals surface area (Å²) in [6, 6.07) is 0. The van der Waals surface area contributed by atoms with Gasteiger partial charge in [0.05, 0.1) is 145 Å². The van der Waals surface area contributed by atoms with Crippen molar-refractivity contribution >= 4 is 17.7 Å². The number of hydrogen-bond acceptors (Lipinski definition) is 15. The fourth-order valence-electron chi connectivity index (χ4n) is 2.88. The molecule has 0 heterocycles. The Morgan fingerprint density at radius 1 is 0.422 bits per heavy atom. The van der Waals surface area contributed by atoms with Crippen LogP contribution in [0.25, 0.3) is 0 Å². The first-order valence-electron chi connectivity index (χ1n) is 15.0. The molecule has 0 aromatic carbocycles. The molecule has 0 fully saturated rings. The van der Waals surface area contributed by atoms with Gasteiger partial charge in [-0.3, -0.25) is 9.59 Å². The Labute approximate surface area is 265 Å². The van der Waals surface area contributed by atoms with Gasteiger partial charge < -0.3 is 61.9 Å². The van der Waals surface area contributed by atoms with E-state index in [-0.39, 0.29) is 26.1 Å². The van der Waals surface area contributed by atoms with Gasteiger partial charge in [-0.1, -0.05) is 6.58 Å². The van der Waals surface area contributed by atoms with Gasteiger partial charge in [0.25, 0.3) is 0 Å². The van der Waals surface area contributed by atoms with Gasteiger partial charge in [-0.2, -0.15) is 0 Å². The molecule has 16 heteroatoms. The van der Waals surface area contributed by atoms with Crippen molar-refractivity contribution < 1.29 is 76.3 Å². The predicted molar refractivity (Wildman–Crippen MR) is 157 cm³/mol. The maximum Gasteiger partial charge on any atom is 0.372 e. The number of carboxylic acid groups (broad SMARTS) is 1. The summed E-state index contributed by atoms with van der Waals surface area (Å²) in [6.45, 7) is 12.9. The van der Waals surface area contributed by atoms with Crippen LogP contribution in [0.15, 0.2) is 12.8 Å². The second-order valence-electron chi connectivity index (χ2n) is 8.61. The van der Waals surface area contributed by atoms with Crippen molar-refractivity contribution in [3.63, 3.8) is 0 Å². The Hall–Kier alpha value is -2.25. The van der Waals surface area contributed by atoms with Gasteiger partial charge in [0.15, 0.2) is 0 Å². The highest BCUT2D eigenvalue weighted by Gasteiger charge is 2.14. The van der Waals surface area contributed by atoms with Crippen LogP contribution in [0.2, 0.25) is 0 Å². The molecule has 264 valence electrons. The van der Waals surface area contributed by atoms with Gasteiger partial charge in [-0.25, -0.2) is 4.79 Å². The molecule has 0 rings (SSSR count). The first-order chi connectivity index (χ1) is 22.1. The van der Waals surface area contributed by atoms with Crippen molar-refractivity contribution in [2.24, 2.45) is 0 Å². The normalized spacial score (nSPS) is 11.0. The third-order valence-electron chi connectivity index (χ3n) is 5.10. The van der Waals surface area contributed by atoms with Crippen LogP contribution >= 0.6 is 0 Å². The molecule has 45 heavy (non-hydrogen) atoms. The average molecular weight is 657 g/mol. The predicted octanol–water partition coefficient (Wildman–Crippen LogP) is 0.290. The minimum Gasteiger partial charge on any atom is -0.499 e. The van der Waals surface area contributed by atoms with Gasteiger partial charge in [0.2, 0.25) is 5.78 Å². The first kappa shape index (κ1) is 42.8. The molecule has 0 saturated carbocycles. The lowest BCUT2D eigenvalue weighted by atomic mass is 10.2. The second-order valence-corrected chi connectivity index (χ2v) is 8.61. The molecule has 0 unspecified atom stereocenters. The van der Waals surface area contributed by atoms with E-state index in [0.29, 0.717) is 132 Å². The Balaban J connectivity index is 3.12. The molecular weight excluding hydrogens is 604 g/mol. The first-order valence-corrected chi connectivity index (χ1v) is 15.0. The monoisotopic (exact) mass is 656 g/mol. The van der Waals surface area contributed by atoms with Crippen LogP contribution in [0.1, 0.15) is 12.8 Å². The fourth-order valence-corrected chi connectivity index (χ4v) is 2.88. The standard InChI is InChI=1S/C29H52O16/c1-2-34-5-6-35-7-8-36-9-10-37-11-12-38-13-14-39-15-16-40-17-18-41-19-20-42-21-22-43-23-24-44-25-26-45-28(31)4-3-27(30)29(32)33/h2H,1,3-26H2,(H,32,33). The van der Waals surface area contributed by atoms with Crippen molar-refractivity contribution in [3.8, 4) is 0 Å². The smallest absolute Gasteiger partial charge is 0.372 e. The van der Waals surface area contributed by atoms with Crippen LogP contribution in [0.5, 0.6) is 0 Å². The van der Waals surface area contributed by atoms with E-state index in [9.17, 15) is 14.4 Å². The van der Waals surface area contributed by atoms with Crippen molar-refractivity contribution in [1.82, 2.24) is 0 Å². The molecule has 0 radical (unpaired) electrons. The summed E-state index contributed by atoms with van der Waals surface area (Å²) in [7, 11) is 0. The zero-order chi connectivity index (χ0) is 32.9. The van der Waals surface area contributed by atoms with E-state index in [2.05, 4.69) is 6.58 Å². The molecule has 0 aromatic rings. The number of carbonyl (C=O) groups is 3. The highest BCUT2D eigenvalue weighted by Crippen LogP contribution is 1.95. The zero-order valence-corrected chi connectivity index (χ0v) is 26.3. The molecule has 0 aliphatic carbocycles. The maximum absolute atomic E-state index is 11.4. The molecule has 0 saturated heterocycles. The summed E-state index contributed by atoms with van der Waals surface area (Å²) in [5.74, 6) is -3.24. The van der Waals surface area contributed by atoms with Crippen LogP contribution in [0.3, 0.4) is 0 Å². The molecule has 0 aliphatic heterocycles. The number of carboxylic acids is 1. The number of aliphatic carboxylic acids is 1. The van der Waals surface area contributed by atoms with Crippen molar-refractivity contribution in [3.05, 3.63) is 12.8 Å². The number of Topliss-reactive ketones (excluding diaryl/α,β-unsaturated/α-hetero) is 1. The number of hydrogen-bond donors (Lipinski definition) is 1. The lowest BCUT2D eigenvalue weighted by Crippen LogP contribution is -2.17. The number of ketones is 1. The van der Waals surface area contributed by atoms with Crippen molar-refractivity contribution in [2.75, 3.05) is 145 Å². The molecule has 0 atom stereocenters. The topological polar surface area (TPSA) is 182 Å². The lowest BCUT2D eigenvalue weighted by Gasteiger charge is -2.09. The van der Waals surface area contributed by atoms with Gasteiger partial charge in [-0.05, 0) is 0 Å². The third-order valence-corrected chi connectivity index (χ3v) is 5.10. The highest BCUT2D eigenvalue weighted by molar-refractivity contribution is 6.32. The summed E-state index contributed by atoms with van der Waals surface area (Å²) in [6.07, 6.45) is 0.724. The van der Waals surface area contributed by atoms with E-state index >= 15 is 0 Å². The van der Waals surface area contributed by atoms with E-state index in [0.717, 1.165) is 0 Å². The maximum atomic E-state index is 11.4. The van der Waals surface area contributed by atoms with Gasteiger partial charge >= 0.3 is 11.9 Å². The molecule has 16 nitrogen and oxygen atoms in total. The quantitative estimate of drug-likeness (QED) is 0.0414. The Morgan fingerprint density at radius 3 is 0.956 bits per heavy atom. The molecule has 1 N–H and O–H groups in total. The second kappa shape index (κ2) is 36.2. The fraction of sp³-hybridized carbons (Fsp3) is 0.828. The summed E-state index contributed by atoms with van der Waals surface area (Å²) in [4.78, 5) is 32.6. The number of esters is 1. The van der Waals surface area contributed by atoms with Crippen LogP contribution in [0.4, 0.5) is 0 Å². The Morgan fingerprint density at radius 2 is 0.689 bits per heavy atom. The van der Waals surface area contributed by atoms with E-state index in [1.165, 1.54) is 6.26 Å². The van der Waals surface area contributed by atoms with Crippen molar-refractivity contribution in [2.45, 2.75) is 12.8 Å². The molecule has 0 aromatic heterocycles. The third kappa shape index (κ3) is 36.1. The van der Waals surface area contributed by atoms with Crippen LogP contribution in [-0.4, -0.2) is 168 Å². The van der Waals surface area contributed by atoms with Crippen molar-refractivity contribution in [1.29, 1.82) is 0 Å². The highest BCUT2D eigenvalue weighted by atomic mass is 16.6. The van der Waals surface area contributed by atoms with E-state index in [4.69, 9.17) is 61.9 Å². The van der Waals surface area contributed by atoms with Gasteiger partial charge in [0.1, 0.15) is 13.2 Å². The van der Waals surface area contributed by atoms with E-state index in [1.54, 1.807) is 0 Å². The molecular formula is C29H52O16. The molecule has 0 aliphatic rings. The Kier molecular flexibility index (Phi) is 34.4. The van der Waals surface area contributed by atoms with Gasteiger partial charge in [-0.15, -0.1) is 0 Å².